The van der Waals surface area contributed by atoms with E-state index in [0.29, 0.717) is 0 Å². The van der Waals surface area contributed by atoms with Gasteiger partial charge in [-0.25, -0.2) is 4.39 Å². The molecule has 1 N–H and O–H groups in total. The van der Waals surface area contributed by atoms with E-state index < -0.39 is 0 Å². The molecular formula is C14H24FN3. The fourth-order valence-corrected chi connectivity index (χ4v) is 1.76. The molecule has 0 saturated carbocycles. The largest absolute Gasteiger partial charge is 0.371 e. The molecule has 0 atom stereocenters. The van der Waals surface area contributed by atoms with Crippen LogP contribution in [0.4, 0.5) is 10.1 Å². The topological polar surface area (TPSA) is 18.5 Å². The van der Waals surface area contributed by atoms with Crippen molar-refractivity contribution >= 4 is 5.69 Å². The molecular weight excluding hydrogens is 229 g/mol. The third-order valence-electron chi connectivity index (χ3n) is 2.87. The molecule has 1 aromatic rings. The van der Waals surface area contributed by atoms with Gasteiger partial charge in [-0.3, -0.25) is 0 Å². The Kier molecular flexibility index (Phi) is 6.68. The Morgan fingerprint density at radius 2 is 1.67 bits per heavy atom. The van der Waals surface area contributed by atoms with Gasteiger partial charge in [0, 0.05) is 38.4 Å². The predicted molar refractivity (Wildman–Crippen MR) is 75.7 cm³/mol. The highest BCUT2D eigenvalue weighted by Gasteiger charge is 2.03. The SMILES string of the molecule is CCN(CCNCCN(C)C)c1ccc(F)cc1. The summed E-state index contributed by atoms with van der Waals surface area (Å²) in [5, 5.41) is 3.41. The van der Waals surface area contributed by atoms with Crippen LogP contribution >= 0.6 is 0 Å². The Morgan fingerprint density at radius 1 is 1.06 bits per heavy atom. The smallest absolute Gasteiger partial charge is 0.123 e. The van der Waals surface area contributed by atoms with Crippen LogP contribution in [0.25, 0.3) is 0 Å². The van der Waals surface area contributed by atoms with E-state index in [9.17, 15) is 4.39 Å². The van der Waals surface area contributed by atoms with Gasteiger partial charge in [0.1, 0.15) is 5.82 Å². The summed E-state index contributed by atoms with van der Waals surface area (Å²) in [4.78, 5) is 4.40. The molecule has 1 aromatic carbocycles. The molecule has 0 heterocycles. The van der Waals surface area contributed by atoms with Crippen LogP contribution in [-0.2, 0) is 0 Å². The molecule has 3 nitrogen and oxygen atoms in total. The Balaban J connectivity index is 2.31. The average molecular weight is 253 g/mol. The van der Waals surface area contributed by atoms with Crippen molar-refractivity contribution in [3.05, 3.63) is 30.1 Å². The minimum atomic E-state index is -0.182. The lowest BCUT2D eigenvalue weighted by Gasteiger charge is -2.23. The molecule has 18 heavy (non-hydrogen) atoms. The molecule has 0 unspecified atom stereocenters. The van der Waals surface area contributed by atoms with Crippen LogP contribution in [0, 0.1) is 5.82 Å². The molecule has 4 heteroatoms. The fourth-order valence-electron chi connectivity index (χ4n) is 1.76. The second kappa shape index (κ2) is 8.06. The summed E-state index contributed by atoms with van der Waals surface area (Å²) in [7, 11) is 4.14. The second-order valence-corrected chi connectivity index (χ2v) is 4.61. The van der Waals surface area contributed by atoms with E-state index in [-0.39, 0.29) is 5.82 Å². The molecule has 0 bridgehead atoms. The zero-order chi connectivity index (χ0) is 13.4. The summed E-state index contributed by atoms with van der Waals surface area (Å²) in [6.07, 6.45) is 0. The van der Waals surface area contributed by atoms with Gasteiger partial charge in [0.15, 0.2) is 0 Å². The molecule has 0 aliphatic carbocycles. The first kappa shape index (κ1) is 14.9. The first-order valence-corrected chi connectivity index (χ1v) is 6.49. The molecule has 0 amide bonds. The lowest BCUT2D eigenvalue weighted by molar-refractivity contribution is 0.401. The van der Waals surface area contributed by atoms with E-state index in [1.54, 1.807) is 0 Å². The molecule has 0 aromatic heterocycles. The molecule has 0 aliphatic heterocycles. The highest BCUT2D eigenvalue weighted by atomic mass is 19.1. The Morgan fingerprint density at radius 3 is 2.22 bits per heavy atom. The van der Waals surface area contributed by atoms with Gasteiger partial charge in [-0.05, 0) is 45.3 Å². The van der Waals surface area contributed by atoms with Gasteiger partial charge < -0.3 is 15.1 Å². The van der Waals surface area contributed by atoms with Gasteiger partial charge in [0.2, 0.25) is 0 Å². The third kappa shape index (κ3) is 5.47. The highest BCUT2D eigenvalue weighted by Crippen LogP contribution is 2.13. The van der Waals surface area contributed by atoms with E-state index in [1.807, 2.05) is 12.1 Å². The molecule has 0 radical (unpaired) electrons. The number of nitrogens with zero attached hydrogens (tertiary/aromatic N) is 2. The van der Waals surface area contributed by atoms with Crippen molar-refractivity contribution in [2.45, 2.75) is 6.92 Å². The molecule has 0 spiro atoms. The van der Waals surface area contributed by atoms with Crippen LogP contribution in [0.2, 0.25) is 0 Å². The number of rotatable bonds is 8. The summed E-state index contributed by atoms with van der Waals surface area (Å²) in [6, 6.07) is 6.69. The van der Waals surface area contributed by atoms with Gasteiger partial charge >= 0.3 is 0 Å². The van der Waals surface area contributed by atoms with E-state index in [2.05, 4.69) is 36.1 Å². The van der Waals surface area contributed by atoms with Crippen LogP contribution in [0.3, 0.4) is 0 Å². The third-order valence-corrected chi connectivity index (χ3v) is 2.87. The van der Waals surface area contributed by atoms with Crippen molar-refractivity contribution in [3.8, 4) is 0 Å². The van der Waals surface area contributed by atoms with Gasteiger partial charge in [-0.15, -0.1) is 0 Å². The molecule has 0 aliphatic rings. The van der Waals surface area contributed by atoms with Crippen molar-refractivity contribution in [2.75, 3.05) is 51.7 Å². The summed E-state index contributed by atoms with van der Waals surface area (Å²) in [5.41, 5.74) is 1.08. The van der Waals surface area contributed by atoms with E-state index in [4.69, 9.17) is 0 Å². The van der Waals surface area contributed by atoms with Gasteiger partial charge in [-0.1, -0.05) is 0 Å². The number of nitrogens with one attached hydrogen (secondary N) is 1. The van der Waals surface area contributed by atoms with Crippen molar-refractivity contribution in [3.63, 3.8) is 0 Å². The normalized spacial score (nSPS) is 10.9. The second-order valence-electron chi connectivity index (χ2n) is 4.61. The predicted octanol–water partition coefficient (Wildman–Crippen LogP) is 1.80. The number of anilines is 1. The van der Waals surface area contributed by atoms with E-state index in [0.717, 1.165) is 38.4 Å². The van der Waals surface area contributed by atoms with Crippen LogP contribution in [0.5, 0.6) is 0 Å². The molecule has 1 rings (SSSR count). The Labute approximate surface area is 110 Å². The number of benzene rings is 1. The number of hydrogen-bond donors (Lipinski definition) is 1. The number of hydrogen-bond acceptors (Lipinski definition) is 3. The lowest BCUT2D eigenvalue weighted by atomic mass is 10.2. The summed E-state index contributed by atoms with van der Waals surface area (Å²) in [6.45, 7) is 6.97. The van der Waals surface area contributed by atoms with Crippen LogP contribution < -0.4 is 10.2 Å². The quantitative estimate of drug-likeness (QED) is 0.713. The maximum absolute atomic E-state index is 12.8. The van der Waals surface area contributed by atoms with Gasteiger partial charge in [-0.2, -0.15) is 0 Å². The summed E-state index contributed by atoms with van der Waals surface area (Å²) >= 11 is 0. The van der Waals surface area contributed by atoms with Crippen molar-refractivity contribution in [1.82, 2.24) is 10.2 Å². The summed E-state index contributed by atoms with van der Waals surface area (Å²) < 4.78 is 12.8. The standard InChI is InChI=1S/C14H24FN3/c1-4-18(12-10-16-9-11-17(2)3)14-7-5-13(15)6-8-14/h5-8,16H,4,9-12H2,1-3H3. The monoisotopic (exact) mass is 253 g/mol. The highest BCUT2D eigenvalue weighted by molar-refractivity contribution is 5.46. The molecule has 0 fully saturated rings. The first-order chi connectivity index (χ1) is 8.63. The Bertz CT molecular complexity index is 324. The zero-order valence-corrected chi connectivity index (χ0v) is 11.6. The Hall–Kier alpha value is -1.13. The minimum Gasteiger partial charge on any atom is -0.371 e. The van der Waals surface area contributed by atoms with Crippen LogP contribution in [-0.4, -0.2) is 51.7 Å². The maximum atomic E-state index is 12.8. The maximum Gasteiger partial charge on any atom is 0.123 e. The van der Waals surface area contributed by atoms with E-state index >= 15 is 0 Å². The fraction of sp³-hybridized carbons (Fsp3) is 0.571. The van der Waals surface area contributed by atoms with Crippen LogP contribution in [0.1, 0.15) is 6.92 Å². The summed E-state index contributed by atoms with van der Waals surface area (Å²) in [5.74, 6) is -0.182. The van der Waals surface area contributed by atoms with Crippen LogP contribution in [0.15, 0.2) is 24.3 Å². The first-order valence-electron chi connectivity index (χ1n) is 6.49. The van der Waals surface area contributed by atoms with Crippen molar-refractivity contribution in [1.29, 1.82) is 0 Å². The van der Waals surface area contributed by atoms with Crippen molar-refractivity contribution in [2.24, 2.45) is 0 Å². The average Bonchev–Trinajstić information content (AvgIpc) is 2.35. The van der Waals surface area contributed by atoms with Gasteiger partial charge in [0.25, 0.3) is 0 Å². The van der Waals surface area contributed by atoms with Crippen molar-refractivity contribution < 1.29 is 4.39 Å². The zero-order valence-electron chi connectivity index (χ0n) is 11.6. The molecule has 102 valence electrons. The van der Waals surface area contributed by atoms with E-state index in [1.165, 1.54) is 12.1 Å². The van der Waals surface area contributed by atoms with Gasteiger partial charge in [0.05, 0.1) is 0 Å². The molecule has 0 saturated heterocycles. The minimum absolute atomic E-state index is 0.182. The number of likely N-dealkylation sites (N-methyl/N-ethyl adjacent to an activating group) is 2. The lowest BCUT2D eigenvalue weighted by Crippen LogP contribution is -2.34. The number of halogens is 1.